The van der Waals surface area contributed by atoms with Crippen molar-refractivity contribution in [2.24, 2.45) is 5.73 Å². The molecule has 1 heterocycles. The third-order valence-corrected chi connectivity index (χ3v) is 4.37. The second-order valence-corrected chi connectivity index (χ2v) is 6.80. The minimum Gasteiger partial charge on any atom is -0.618 e. The average molecular weight is 446 g/mol. The number of hydrogen-bond acceptors (Lipinski definition) is 6. The van der Waals surface area contributed by atoms with Gasteiger partial charge in [0.1, 0.15) is 5.75 Å². The van der Waals surface area contributed by atoms with E-state index in [1.165, 1.54) is 0 Å². The van der Waals surface area contributed by atoms with Gasteiger partial charge in [-0.3, -0.25) is 0 Å². The molecule has 0 amide bonds. The first-order valence-corrected chi connectivity index (χ1v) is 9.47. The third kappa shape index (κ3) is 6.31. The fourth-order valence-electron chi connectivity index (χ4n) is 2.95. The number of benzene rings is 2. The summed E-state index contributed by atoms with van der Waals surface area (Å²) >= 11 is 0. The summed E-state index contributed by atoms with van der Waals surface area (Å²) in [6.45, 7) is 4.04. The number of nitrogens with two attached hydrogens (primary N) is 1. The van der Waals surface area contributed by atoms with Crippen LogP contribution in [0.15, 0.2) is 54.9 Å². The molecule has 0 aliphatic rings. The summed E-state index contributed by atoms with van der Waals surface area (Å²) in [7, 11) is 0. The molecule has 164 valence electrons. The van der Waals surface area contributed by atoms with Crippen molar-refractivity contribution in [2.75, 3.05) is 0 Å². The monoisotopic (exact) mass is 445 g/mol. The summed E-state index contributed by atoms with van der Waals surface area (Å²) < 4.78 is 11.6. The maximum Gasteiger partial charge on any atom is 0.344 e. The number of hydrogen-bond donors (Lipinski definition) is 2. The molecule has 3 N–H and O–H groups in total. The smallest absolute Gasteiger partial charge is 0.344 e. The second-order valence-electron chi connectivity index (χ2n) is 6.80. The number of aliphatic carboxylic acids is 1. The molecule has 0 fully saturated rings. The van der Waals surface area contributed by atoms with E-state index in [0.29, 0.717) is 17.0 Å². The first kappa shape index (κ1) is 23.9. The first-order chi connectivity index (χ1) is 14.4. The molecule has 0 unspecified atom stereocenters. The number of aromatic nitrogens is 2. The highest BCUT2D eigenvalue weighted by Crippen LogP contribution is 2.29. The SMILES string of the molecule is CC[C@@H](Oc1c[n+]([O-])cc(Oc2cc(C)cc(-c3cccc(CN)c3)c2)n1)C(=O)O.Cl. The molecule has 1 atom stereocenters. The molecule has 0 radical (unpaired) electrons. The van der Waals surface area contributed by atoms with Crippen molar-refractivity contribution in [3.63, 3.8) is 0 Å². The van der Waals surface area contributed by atoms with Gasteiger partial charge in [-0.2, -0.15) is 9.71 Å². The fourth-order valence-corrected chi connectivity index (χ4v) is 2.95. The zero-order valence-corrected chi connectivity index (χ0v) is 18.0. The van der Waals surface area contributed by atoms with Crippen molar-refractivity contribution in [1.29, 1.82) is 0 Å². The Balaban J connectivity index is 0.00000341. The molecule has 3 rings (SSSR count). The highest BCUT2D eigenvalue weighted by Gasteiger charge is 2.20. The van der Waals surface area contributed by atoms with Gasteiger partial charge in [-0.1, -0.05) is 31.2 Å². The van der Waals surface area contributed by atoms with E-state index in [1.807, 2.05) is 49.4 Å². The molecule has 9 heteroatoms. The summed E-state index contributed by atoms with van der Waals surface area (Å²) in [5, 5.41) is 21.1. The third-order valence-electron chi connectivity index (χ3n) is 4.37. The van der Waals surface area contributed by atoms with Crippen molar-refractivity contribution in [3.8, 4) is 28.6 Å². The summed E-state index contributed by atoms with van der Waals surface area (Å²) in [6, 6.07) is 13.5. The largest absolute Gasteiger partial charge is 0.618 e. The van der Waals surface area contributed by atoms with Crippen LogP contribution in [-0.2, 0) is 11.3 Å². The Labute approximate surface area is 186 Å². The van der Waals surface area contributed by atoms with Gasteiger partial charge >= 0.3 is 5.97 Å². The molecule has 3 aromatic rings. The Morgan fingerprint density at radius 2 is 1.94 bits per heavy atom. The van der Waals surface area contributed by atoms with Crippen LogP contribution in [0.2, 0.25) is 0 Å². The number of carboxylic acids is 1. The molecule has 0 saturated carbocycles. The zero-order valence-electron chi connectivity index (χ0n) is 17.1. The summed E-state index contributed by atoms with van der Waals surface area (Å²) in [5.41, 5.74) is 9.63. The van der Waals surface area contributed by atoms with Crippen LogP contribution in [0.4, 0.5) is 0 Å². The zero-order chi connectivity index (χ0) is 21.7. The average Bonchev–Trinajstić information content (AvgIpc) is 2.71. The standard InChI is InChI=1S/C22H23N3O5.ClH/c1-3-19(22(26)27)30-21-13-25(28)12-20(24-21)29-18-8-14(2)7-17(10-18)16-6-4-5-15(9-16)11-23;/h4-10,12-13,19H,3,11,23H2,1-2H3,(H,26,27);1H/t19-;/m1./s1. The lowest BCUT2D eigenvalue weighted by atomic mass is 10.0. The van der Waals surface area contributed by atoms with E-state index in [9.17, 15) is 10.0 Å². The van der Waals surface area contributed by atoms with Gasteiger partial charge < -0.3 is 25.5 Å². The van der Waals surface area contributed by atoms with Crippen molar-refractivity contribution in [1.82, 2.24) is 4.98 Å². The molecule has 1 aromatic heterocycles. The summed E-state index contributed by atoms with van der Waals surface area (Å²) in [4.78, 5) is 15.3. The Hall–Kier alpha value is -3.36. The summed E-state index contributed by atoms with van der Waals surface area (Å²) in [6.07, 6.45) is 1.32. The van der Waals surface area contributed by atoms with E-state index in [0.717, 1.165) is 34.6 Å². The number of aryl methyl sites for hydroxylation is 1. The molecular weight excluding hydrogens is 422 g/mol. The van der Waals surface area contributed by atoms with E-state index in [1.54, 1.807) is 6.92 Å². The highest BCUT2D eigenvalue weighted by atomic mass is 35.5. The number of carbonyl (C=O) groups is 1. The fraction of sp³-hybridized carbons (Fsp3) is 0.227. The molecule has 0 saturated heterocycles. The molecule has 2 aromatic carbocycles. The minimum atomic E-state index is -1.13. The lowest BCUT2D eigenvalue weighted by Gasteiger charge is -2.13. The van der Waals surface area contributed by atoms with Crippen LogP contribution in [0.25, 0.3) is 11.1 Å². The number of halogens is 1. The van der Waals surface area contributed by atoms with Crippen LogP contribution < -0.4 is 19.9 Å². The molecule has 31 heavy (non-hydrogen) atoms. The normalized spacial score (nSPS) is 11.3. The highest BCUT2D eigenvalue weighted by molar-refractivity contribution is 5.85. The van der Waals surface area contributed by atoms with Crippen LogP contribution in [0.3, 0.4) is 0 Å². The molecular formula is C22H24ClN3O5. The lowest BCUT2D eigenvalue weighted by molar-refractivity contribution is -0.606. The number of ether oxygens (including phenoxy) is 2. The van der Waals surface area contributed by atoms with Gasteiger partial charge in [0.25, 0.3) is 11.8 Å². The summed E-state index contributed by atoms with van der Waals surface area (Å²) in [5.74, 6) is -0.778. The van der Waals surface area contributed by atoms with Gasteiger partial charge in [-0.05, 0) is 53.8 Å². The first-order valence-electron chi connectivity index (χ1n) is 9.47. The second kappa shape index (κ2) is 10.6. The molecule has 0 spiro atoms. The van der Waals surface area contributed by atoms with Crippen molar-refractivity contribution in [2.45, 2.75) is 32.9 Å². The Morgan fingerprint density at radius 1 is 1.19 bits per heavy atom. The van der Waals surface area contributed by atoms with E-state index < -0.39 is 12.1 Å². The predicted molar refractivity (Wildman–Crippen MR) is 117 cm³/mol. The molecule has 0 aliphatic carbocycles. The van der Waals surface area contributed by atoms with Crippen molar-refractivity contribution < 1.29 is 24.1 Å². The van der Waals surface area contributed by atoms with Gasteiger partial charge in [0, 0.05) is 6.54 Å². The predicted octanol–water partition coefficient (Wildman–Crippen LogP) is 3.61. The van der Waals surface area contributed by atoms with E-state index in [4.69, 9.17) is 20.3 Å². The van der Waals surface area contributed by atoms with Gasteiger partial charge in [0.15, 0.2) is 6.10 Å². The quantitative estimate of drug-likeness (QED) is 0.401. The van der Waals surface area contributed by atoms with Gasteiger partial charge in [-0.25, -0.2) is 4.79 Å². The topological polar surface area (TPSA) is 122 Å². The number of carboxylic acid groups (broad SMARTS) is 1. The van der Waals surface area contributed by atoms with Crippen LogP contribution in [0.5, 0.6) is 17.5 Å². The maximum atomic E-state index is 11.9. The van der Waals surface area contributed by atoms with Crippen molar-refractivity contribution in [3.05, 3.63) is 71.2 Å². The number of nitrogens with zero attached hydrogens (tertiary/aromatic N) is 2. The molecule has 8 nitrogen and oxygen atoms in total. The van der Waals surface area contributed by atoms with Gasteiger partial charge in [0.2, 0.25) is 12.4 Å². The van der Waals surface area contributed by atoms with Crippen LogP contribution >= 0.6 is 12.4 Å². The Bertz CT molecular complexity index is 1060. The Morgan fingerprint density at radius 3 is 2.61 bits per heavy atom. The van der Waals surface area contributed by atoms with E-state index >= 15 is 0 Å². The van der Waals surface area contributed by atoms with Crippen LogP contribution in [0.1, 0.15) is 24.5 Å². The number of rotatable bonds is 8. The van der Waals surface area contributed by atoms with Gasteiger partial charge in [0.05, 0.1) is 0 Å². The van der Waals surface area contributed by atoms with E-state index in [-0.39, 0.29) is 30.6 Å². The maximum absolute atomic E-state index is 11.9. The lowest BCUT2D eigenvalue weighted by Crippen LogP contribution is -2.30. The van der Waals surface area contributed by atoms with E-state index in [2.05, 4.69) is 4.98 Å². The van der Waals surface area contributed by atoms with Crippen LogP contribution in [0, 0.1) is 12.1 Å². The molecule has 0 aliphatic heterocycles. The Kier molecular flexibility index (Phi) is 8.18. The van der Waals surface area contributed by atoms with Crippen molar-refractivity contribution >= 4 is 18.4 Å². The van der Waals surface area contributed by atoms with Gasteiger partial charge in [-0.15, -0.1) is 12.4 Å². The molecule has 0 bridgehead atoms. The minimum absolute atomic E-state index is 0. The van der Waals surface area contributed by atoms with Crippen LogP contribution in [-0.4, -0.2) is 22.2 Å².